The molecule has 2 heterocycles. The van der Waals surface area contributed by atoms with Gasteiger partial charge in [0.1, 0.15) is 22.5 Å². The Balaban J connectivity index is 1.46. The van der Waals surface area contributed by atoms with Crippen LogP contribution in [0.2, 0.25) is 0 Å². The summed E-state index contributed by atoms with van der Waals surface area (Å²) < 4.78 is 15.8. The predicted octanol–water partition coefficient (Wildman–Crippen LogP) is 4.28. The molecule has 0 aliphatic rings. The molecule has 0 unspecified atom stereocenters. The molecule has 1 amide bonds. The molecule has 2 aromatic heterocycles. The van der Waals surface area contributed by atoms with Crippen molar-refractivity contribution in [1.82, 2.24) is 0 Å². The molecule has 2 aromatic carbocycles. The van der Waals surface area contributed by atoms with Gasteiger partial charge in [-0.1, -0.05) is 18.2 Å². The zero-order valence-corrected chi connectivity index (χ0v) is 13.9. The highest BCUT2D eigenvalue weighted by Crippen LogP contribution is 2.30. The van der Waals surface area contributed by atoms with E-state index in [1.807, 2.05) is 30.3 Å². The van der Waals surface area contributed by atoms with Crippen molar-refractivity contribution >= 4 is 39.5 Å². The molecule has 0 atom stereocenters. The summed E-state index contributed by atoms with van der Waals surface area (Å²) in [6.07, 6.45) is 1.40. The van der Waals surface area contributed by atoms with Crippen molar-refractivity contribution in [2.75, 3.05) is 11.9 Å². The summed E-state index contributed by atoms with van der Waals surface area (Å²) in [6, 6.07) is 14.6. The van der Waals surface area contributed by atoms with E-state index in [4.69, 9.17) is 13.6 Å². The highest BCUT2D eigenvalue weighted by Gasteiger charge is 2.15. The van der Waals surface area contributed by atoms with Crippen LogP contribution in [0.25, 0.3) is 21.9 Å². The number of hydrogen-bond donors (Lipinski definition) is 1. The maximum Gasteiger partial charge on any atom is 0.342 e. The third-order valence-corrected chi connectivity index (χ3v) is 4.07. The number of amides is 1. The molecule has 6 heteroatoms. The average Bonchev–Trinajstić information content (AvgIpc) is 3.23. The van der Waals surface area contributed by atoms with Crippen molar-refractivity contribution < 1.29 is 23.2 Å². The quantitative estimate of drug-likeness (QED) is 0.556. The summed E-state index contributed by atoms with van der Waals surface area (Å²) in [5, 5.41) is 4.60. The van der Waals surface area contributed by atoms with Crippen LogP contribution in [0.15, 0.2) is 63.6 Å². The van der Waals surface area contributed by atoms with Crippen LogP contribution in [0.1, 0.15) is 16.1 Å². The number of hydrogen-bond acceptors (Lipinski definition) is 5. The Bertz CT molecular complexity index is 1120. The fraction of sp³-hybridized carbons (Fsp3) is 0.100. The van der Waals surface area contributed by atoms with Crippen molar-refractivity contribution in [1.29, 1.82) is 0 Å². The molecule has 0 spiro atoms. The topological polar surface area (TPSA) is 81.7 Å². The van der Waals surface area contributed by atoms with Crippen LogP contribution in [-0.2, 0) is 9.53 Å². The fourth-order valence-electron chi connectivity index (χ4n) is 2.81. The first-order valence-electron chi connectivity index (χ1n) is 8.04. The normalized spacial score (nSPS) is 11.0. The second-order valence-corrected chi connectivity index (χ2v) is 5.82. The van der Waals surface area contributed by atoms with Crippen LogP contribution in [0, 0.1) is 6.92 Å². The van der Waals surface area contributed by atoms with Crippen LogP contribution < -0.4 is 5.32 Å². The third kappa shape index (κ3) is 2.93. The SMILES string of the molecule is Cc1occc1C(=O)OCC(=O)Nc1ccc2oc3ccccc3c2c1. The van der Waals surface area contributed by atoms with Gasteiger partial charge in [0.25, 0.3) is 5.91 Å². The van der Waals surface area contributed by atoms with Gasteiger partial charge in [-0.3, -0.25) is 4.79 Å². The predicted molar refractivity (Wildman–Crippen MR) is 96.1 cm³/mol. The van der Waals surface area contributed by atoms with Gasteiger partial charge in [-0.2, -0.15) is 0 Å². The standard InChI is InChI=1S/C20H15NO5/c1-12-14(8-9-24-12)20(23)25-11-19(22)21-13-6-7-18-16(10-13)15-4-2-3-5-17(15)26-18/h2-10H,11H2,1H3,(H,21,22). The van der Waals surface area contributed by atoms with Gasteiger partial charge in [-0.05, 0) is 37.3 Å². The summed E-state index contributed by atoms with van der Waals surface area (Å²) in [6.45, 7) is 1.27. The van der Waals surface area contributed by atoms with Crippen molar-refractivity contribution in [2.45, 2.75) is 6.92 Å². The molecule has 4 rings (SSSR count). The van der Waals surface area contributed by atoms with Crippen molar-refractivity contribution in [3.8, 4) is 0 Å². The molecule has 0 saturated heterocycles. The number of aryl methyl sites for hydroxylation is 1. The molecule has 26 heavy (non-hydrogen) atoms. The molecular formula is C20H15NO5. The van der Waals surface area contributed by atoms with Gasteiger partial charge < -0.3 is 18.9 Å². The first-order chi connectivity index (χ1) is 12.6. The summed E-state index contributed by atoms with van der Waals surface area (Å²) in [5.74, 6) is -0.568. The lowest BCUT2D eigenvalue weighted by Crippen LogP contribution is -2.21. The zero-order chi connectivity index (χ0) is 18.1. The number of para-hydroxylation sites is 1. The van der Waals surface area contributed by atoms with Gasteiger partial charge >= 0.3 is 5.97 Å². The number of nitrogens with one attached hydrogen (secondary N) is 1. The molecule has 4 aromatic rings. The maximum atomic E-state index is 12.1. The largest absolute Gasteiger partial charge is 0.469 e. The van der Waals surface area contributed by atoms with Crippen molar-refractivity contribution in [3.05, 3.63) is 66.1 Å². The summed E-state index contributed by atoms with van der Waals surface area (Å²) in [5.41, 5.74) is 2.44. The summed E-state index contributed by atoms with van der Waals surface area (Å²) in [4.78, 5) is 24.0. The van der Waals surface area contributed by atoms with E-state index in [-0.39, 0.29) is 6.61 Å². The number of anilines is 1. The zero-order valence-electron chi connectivity index (χ0n) is 13.9. The van der Waals surface area contributed by atoms with Crippen LogP contribution in [0.5, 0.6) is 0 Å². The molecular weight excluding hydrogens is 334 g/mol. The number of benzene rings is 2. The minimum atomic E-state index is -0.595. The Labute approximate surface area is 148 Å². The second kappa shape index (κ2) is 6.40. The first kappa shape index (κ1) is 16.0. The number of rotatable bonds is 4. The molecule has 1 N–H and O–H groups in total. The van der Waals surface area contributed by atoms with E-state index in [2.05, 4.69) is 5.32 Å². The van der Waals surface area contributed by atoms with Crippen LogP contribution in [-0.4, -0.2) is 18.5 Å². The number of carbonyl (C=O) groups excluding carboxylic acids is 2. The van der Waals surface area contributed by atoms with E-state index in [9.17, 15) is 9.59 Å². The van der Waals surface area contributed by atoms with Gasteiger partial charge in [0.15, 0.2) is 6.61 Å². The van der Waals surface area contributed by atoms with Gasteiger partial charge in [0.2, 0.25) is 0 Å². The van der Waals surface area contributed by atoms with Crippen LogP contribution >= 0.6 is 0 Å². The number of fused-ring (bicyclic) bond motifs is 3. The van der Waals surface area contributed by atoms with E-state index < -0.39 is 11.9 Å². The maximum absolute atomic E-state index is 12.1. The van der Waals surface area contributed by atoms with Crippen molar-refractivity contribution in [2.24, 2.45) is 0 Å². The van der Waals surface area contributed by atoms with Crippen LogP contribution in [0.4, 0.5) is 5.69 Å². The van der Waals surface area contributed by atoms with E-state index in [1.165, 1.54) is 12.3 Å². The minimum absolute atomic E-state index is 0.309. The molecule has 0 aliphatic heterocycles. The van der Waals surface area contributed by atoms with Crippen molar-refractivity contribution in [3.63, 3.8) is 0 Å². The number of furan rings is 2. The Hall–Kier alpha value is -3.54. The number of ether oxygens (including phenoxy) is 1. The third-order valence-electron chi connectivity index (χ3n) is 4.07. The lowest BCUT2D eigenvalue weighted by atomic mass is 10.1. The highest BCUT2D eigenvalue weighted by atomic mass is 16.5. The van der Waals surface area contributed by atoms with Crippen LogP contribution in [0.3, 0.4) is 0 Å². The fourth-order valence-corrected chi connectivity index (χ4v) is 2.81. The molecule has 6 nitrogen and oxygen atoms in total. The molecule has 0 fully saturated rings. The van der Waals surface area contributed by atoms with Gasteiger partial charge in [0.05, 0.1) is 6.26 Å². The van der Waals surface area contributed by atoms with Gasteiger partial charge in [-0.25, -0.2) is 4.79 Å². The number of carbonyl (C=O) groups is 2. The Kier molecular flexibility index (Phi) is 3.93. The Morgan fingerprint density at radius 2 is 1.85 bits per heavy atom. The minimum Gasteiger partial charge on any atom is -0.469 e. The van der Waals surface area contributed by atoms with E-state index >= 15 is 0 Å². The lowest BCUT2D eigenvalue weighted by molar-refractivity contribution is -0.119. The summed E-state index contributed by atoms with van der Waals surface area (Å²) >= 11 is 0. The second-order valence-electron chi connectivity index (χ2n) is 5.82. The number of esters is 1. The lowest BCUT2D eigenvalue weighted by Gasteiger charge is -2.06. The molecule has 130 valence electrons. The Morgan fingerprint density at radius 1 is 1.04 bits per heavy atom. The van der Waals surface area contributed by atoms with E-state index in [0.29, 0.717) is 17.0 Å². The van der Waals surface area contributed by atoms with E-state index in [0.717, 1.165) is 21.9 Å². The summed E-state index contributed by atoms with van der Waals surface area (Å²) in [7, 11) is 0. The van der Waals surface area contributed by atoms with Gasteiger partial charge in [-0.15, -0.1) is 0 Å². The smallest absolute Gasteiger partial charge is 0.342 e. The van der Waals surface area contributed by atoms with E-state index in [1.54, 1.807) is 19.1 Å². The first-order valence-corrected chi connectivity index (χ1v) is 8.04. The molecule has 0 aliphatic carbocycles. The molecule has 0 saturated carbocycles. The highest BCUT2D eigenvalue weighted by molar-refractivity contribution is 6.07. The van der Waals surface area contributed by atoms with Gasteiger partial charge in [0, 0.05) is 16.5 Å². The Morgan fingerprint density at radius 3 is 2.65 bits per heavy atom. The average molecular weight is 349 g/mol. The molecule has 0 bridgehead atoms. The monoisotopic (exact) mass is 349 g/mol. The molecule has 0 radical (unpaired) electrons.